The molecule has 0 bridgehead atoms. The van der Waals surface area contributed by atoms with E-state index >= 15 is 0 Å². The first kappa shape index (κ1) is 34.8. The van der Waals surface area contributed by atoms with E-state index in [4.69, 9.17) is 4.74 Å². The molecule has 0 unspecified atom stereocenters. The number of para-hydroxylation sites is 1. The van der Waals surface area contributed by atoms with Gasteiger partial charge in [-0.1, -0.05) is 112 Å². The summed E-state index contributed by atoms with van der Waals surface area (Å²) in [6, 6.07) is 29.1. The molecule has 0 spiro atoms. The average Bonchev–Trinajstić information content (AvgIpc) is 3.50. The highest BCUT2D eigenvalue weighted by molar-refractivity contribution is 6.11. The summed E-state index contributed by atoms with van der Waals surface area (Å²) < 4.78 is 9.04. The van der Waals surface area contributed by atoms with E-state index in [1.807, 2.05) is 19.1 Å². The Kier molecular flexibility index (Phi) is 9.51. The molecule has 0 radical (unpaired) electrons. The molecule has 1 aromatic heterocycles. The van der Waals surface area contributed by atoms with Crippen LogP contribution in [0.3, 0.4) is 0 Å². The van der Waals surface area contributed by atoms with Gasteiger partial charge in [-0.2, -0.15) is 0 Å². The minimum absolute atomic E-state index is 0.145. The molecule has 2 aliphatic carbocycles. The lowest BCUT2D eigenvalue weighted by atomic mass is 9.79. The Labute approximate surface area is 309 Å². The van der Waals surface area contributed by atoms with E-state index in [0.29, 0.717) is 0 Å². The van der Waals surface area contributed by atoms with Gasteiger partial charge in [0.25, 0.3) is 0 Å². The molecule has 0 N–H and O–H groups in total. The number of ether oxygens (including phenoxy) is 1. The van der Waals surface area contributed by atoms with Crippen LogP contribution in [0.4, 0.5) is 0 Å². The Balaban J connectivity index is 1.40. The molecule has 0 saturated carbocycles. The van der Waals surface area contributed by atoms with Crippen LogP contribution in [0.15, 0.2) is 157 Å². The van der Waals surface area contributed by atoms with Crippen LogP contribution in [0, 0.1) is 6.92 Å². The number of benzene rings is 4. The van der Waals surface area contributed by atoms with Crippen molar-refractivity contribution in [3.8, 4) is 11.4 Å². The second-order valence-electron chi connectivity index (χ2n) is 14.4. The summed E-state index contributed by atoms with van der Waals surface area (Å²) in [5.41, 5.74) is 15.8. The maximum absolute atomic E-state index is 6.59. The Morgan fingerprint density at radius 2 is 1.60 bits per heavy atom. The monoisotopic (exact) mass is 679 g/mol. The Morgan fingerprint density at radius 1 is 0.885 bits per heavy atom. The van der Waals surface area contributed by atoms with Crippen LogP contribution in [-0.2, 0) is 5.41 Å². The zero-order valence-corrected chi connectivity index (χ0v) is 31.7. The van der Waals surface area contributed by atoms with Crippen LogP contribution in [0.2, 0.25) is 0 Å². The predicted octanol–water partition coefficient (Wildman–Crippen LogP) is 14.0. The predicted molar refractivity (Wildman–Crippen MR) is 225 cm³/mol. The molecular weight excluding hydrogens is 631 g/mol. The van der Waals surface area contributed by atoms with Crippen molar-refractivity contribution in [1.29, 1.82) is 0 Å². The van der Waals surface area contributed by atoms with Gasteiger partial charge in [-0.15, -0.1) is 0 Å². The van der Waals surface area contributed by atoms with Crippen molar-refractivity contribution in [2.45, 2.75) is 66.7 Å². The quantitative estimate of drug-likeness (QED) is 0.141. The molecule has 0 aliphatic heterocycles. The number of aryl methyl sites for hydroxylation is 1. The molecule has 5 aromatic rings. The first-order valence-corrected chi connectivity index (χ1v) is 18.6. The second-order valence-corrected chi connectivity index (χ2v) is 14.4. The van der Waals surface area contributed by atoms with E-state index in [1.165, 1.54) is 66.5 Å². The highest BCUT2D eigenvalue weighted by atomic mass is 16.5. The average molecular weight is 680 g/mol. The van der Waals surface area contributed by atoms with Gasteiger partial charge in [0.15, 0.2) is 0 Å². The van der Waals surface area contributed by atoms with Gasteiger partial charge in [0, 0.05) is 21.9 Å². The van der Waals surface area contributed by atoms with Crippen molar-refractivity contribution >= 4 is 38.5 Å². The minimum Gasteiger partial charge on any atom is -0.457 e. The maximum atomic E-state index is 6.59. The summed E-state index contributed by atoms with van der Waals surface area (Å²) in [4.78, 5) is 0. The summed E-state index contributed by atoms with van der Waals surface area (Å²) in [7, 11) is 0. The van der Waals surface area contributed by atoms with Crippen LogP contribution in [-0.4, -0.2) is 4.57 Å². The molecule has 260 valence electrons. The number of fused-ring (bicyclic) bond motifs is 5. The largest absolute Gasteiger partial charge is 0.457 e. The Bertz CT molecular complexity index is 2460. The number of rotatable bonds is 9. The lowest BCUT2D eigenvalue weighted by Crippen LogP contribution is -2.17. The highest BCUT2D eigenvalue weighted by Crippen LogP contribution is 2.51. The van der Waals surface area contributed by atoms with Gasteiger partial charge < -0.3 is 9.30 Å². The third-order valence-electron chi connectivity index (χ3n) is 10.9. The van der Waals surface area contributed by atoms with E-state index in [2.05, 4.69) is 174 Å². The molecule has 4 aromatic carbocycles. The first-order chi connectivity index (χ1) is 25.2. The third kappa shape index (κ3) is 6.07. The number of nitrogens with zero attached hydrogens (tertiary/aromatic N) is 1. The molecular formula is C50H49NO. The normalized spacial score (nSPS) is 16.1. The van der Waals surface area contributed by atoms with Gasteiger partial charge in [0.05, 0.1) is 11.0 Å². The standard InChI is InChI=1S/C50H49NO/c1-9-13-18-35(11-3)37-22-27-46-42(29-37)43-30-38(36(12-4)19-14-10-2)23-28-47(43)51(46)39-24-25-40-41-32-49(52-48-20-16-15-17-33(48)5)34(6)21-26-44(41)50(7,8)45(40)31-39/h9,11-25,27-32H,3,10,26H2,1-2,4-8H3/b13-9-,19-14-,35-18+,36-12+. The Hall–Kier alpha value is -5.60. The fourth-order valence-corrected chi connectivity index (χ4v) is 7.86. The summed E-state index contributed by atoms with van der Waals surface area (Å²) >= 11 is 0. The van der Waals surface area contributed by atoms with Crippen LogP contribution in [0.5, 0.6) is 5.75 Å². The molecule has 0 atom stereocenters. The van der Waals surface area contributed by atoms with Crippen molar-refractivity contribution in [2.24, 2.45) is 0 Å². The molecule has 0 saturated heterocycles. The highest BCUT2D eigenvalue weighted by Gasteiger charge is 2.38. The smallest absolute Gasteiger partial charge is 0.130 e. The lowest BCUT2D eigenvalue weighted by molar-refractivity contribution is 0.433. The number of aromatic nitrogens is 1. The van der Waals surface area contributed by atoms with Crippen molar-refractivity contribution < 1.29 is 4.74 Å². The molecule has 2 heteroatoms. The van der Waals surface area contributed by atoms with E-state index in [9.17, 15) is 0 Å². The summed E-state index contributed by atoms with van der Waals surface area (Å²) in [5.74, 6) is 1.81. The van der Waals surface area contributed by atoms with E-state index in [0.717, 1.165) is 41.1 Å². The lowest BCUT2D eigenvalue weighted by Gasteiger charge is -2.25. The Morgan fingerprint density at radius 3 is 2.25 bits per heavy atom. The first-order valence-electron chi connectivity index (χ1n) is 18.6. The van der Waals surface area contributed by atoms with Crippen LogP contribution in [0.25, 0.3) is 44.2 Å². The third-order valence-corrected chi connectivity index (χ3v) is 10.9. The molecule has 52 heavy (non-hydrogen) atoms. The summed E-state index contributed by atoms with van der Waals surface area (Å²) in [5, 5.41) is 2.47. The van der Waals surface area contributed by atoms with Crippen LogP contribution < -0.4 is 4.74 Å². The summed E-state index contributed by atoms with van der Waals surface area (Å²) in [6.07, 6.45) is 21.4. The van der Waals surface area contributed by atoms with Crippen LogP contribution >= 0.6 is 0 Å². The zero-order chi connectivity index (χ0) is 36.6. The van der Waals surface area contributed by atoms with Gasteiger partial charge in [0.2, 0.25) is 0 Å². The van der Waals surface area contributed by atoms with Gasteiger partial charge in [-0.3, -0.25) is 0 Å². The zero-order valence-electron chi connectivity index (χ0n) is 31.7. The second kappa shape index (κ2) is 14.2. The number of hydrogen-bond donors (Lipinski definition) is 0. The molecule has 2 aliphatic rings. The summed E-state index contributed by atoms with van der Waals surface area (Å²) in [6.45, 7) is 19.5. The SMILES string of the molecule is C=C/C(=C\C=C/C)c1ccc2c(c1)c1cc(C(/C=C\CC)=C/C)ccc1n2-c1ccc2c(c1)C(C)(C)C1=C2C=C(Oc2ccccc2C)C(C)=CC1. The minimum atomic E-state index is -0.145. The van der Waals surface area contributed by atoms with Crippen LogP contribution in [0.1, 0.15) is 82.2 Å². The van der Waals surface area contributed by atoms with E-state index in [-0.39, 0.29) is 5.41 Å². The molecule has 0 fully saturated rings. The topological polar surface area (TPSA) is 14.2 Å². The van der Waals surface area contributed by atoms with Gasteiger partial charge in [0.1, 0.15) is 11.5 Å². The van der Waals surface area contributed by atoms with Crippen molar-refractivity contribution in [2.75, 3.05) is 0 Å². The fourth-order valence-electron chi connectivity index (χ4n) is 7.86. The van der Waals surface area contributed by atoms with E-state index < -0.39 is 0 Å². The van der Waals surface area contributed by atoms with Gasteiger partial charge >= 0.3 is 0 Å². The van der Waals surface area contributed by atoms with Gasteiger partial charge in [-0.05, 0) is 145 Å². The fraction of sp³-hybridized carbons (Fsp3) is 0.200. The van der Waals surface area contributed by atoms with Crippen molar-refractivity contribution in [1.82, 2.24) is 4.57 Å². The molecule has 1 heterocycles. The molecule has 7 rings (SSSR count). The van der Waals surface area contributed by atoms with Crippen molar-refractivity contribution in [3.63, 3.8) is 0 Å². The number of allylic oxidation sites excluding steroid dienone is 14. The van der Waals surface area contributed by atoms with Crippen molar-refractivity contribution in [3.05, 3.63) is 185 Å². The number of hydrogen-bond acceptors (Lipinski definition) is 1. The molecule has 0 amide bonds. The van der Waals surface area contributed by atoms with Gasteiger partial charge in [-0.25, -0.2) is 0 Å². The molecule has 2 nitrogen and oxygen atoms in total. The van der Waals surface area contributed by atoms with E-state index in [1.54, 1.807) is 0 Å². The maximum Gasteiger partial charge on any atom is 0.130 e.